The highest BCUT2D eigenvalue weighted by Crippen LogP contribution is 2.36. The number of benzene rings is 1. The molecule has 0 aliphatic heterocycles. The third kappa shape index (κ3) is 13.4. The van der Waals surface area contributed by atoms with Gasteiger partial charge in [0.2, 0.25) is 0 Å². The Morgan fingerprint density at radius 2 is 1.17 bits per heavy atom. The van der Waals surface area contributed by atoms with Gasteiger partial charge in [0.05, 0.1) is 13.0 Å². The minimum Gasteiger partial charge on any atom is -0.507 e. The highest BCUT2D eigenvalue weighted by molar-refractivity contribution is 5.74. The van der Waals surface area contributed by atoms with E-state index in [-0.39, 0.29) is 17.8 Å². The van der Waals surface area contributed by atoms with Gasteiger partial charge in [-0.15, -0.1) is 0 Å². The molecule has 1 aromatic rings. The first-order valence-corrected chi connectivity index (χ1v) is 14.7. The van der Waals surface area contributed by atoms with Crippen LogP contribution in [0.3, 0.4) is 0 Å². The average Bonchev–Trinajstić information content (AvgIpc) is 2.80. The predicted octanol–water partition coefficient (Wildman–Crippen LogP) is 9.65. The number of unbranched alkanes of at least 4 members (excludes halogenated alkanes) is 15. The van der Waals surface area contributed by atoms with Gasteiger partial charge in [-0.05, 0) is 47.9 Å². The monoisotopic (exact) mass is 488 g/mol. The molecule has 3 nitrogen and oxygen atoms in total. The average molecular weight is 489 g/mol. The summed E-state index contributed by atoms with van der Waals surface area (Å²) in [6, 6.07) is 1.98. The van der Waals surface area contributed by atoms with Crippen molar-refractivity contribution in [3.05, 3.63) is 28.3 Å². The summed E-state index contributed by atoms with van der Waals surface area (Å²) >= 11 is 0. The molecule has 0 amide bonds. The Morgan fingerprint density at radius 3 is 1.60 bits per heavy atom. The zero-order valence-corrected chi connectivity index (χ0v) is 24.1. The fourth-order valence-electron chi connectivity index (χ4n) is 4.77. The molecule has 0 aliphatic carbocycles. The zero-order valence-electron chi connectivity index (χ0n) is 24.1. The Balaban J connectivity index is 2.07. The molecule has 0 fully saturated rings. The third-order valence-corrected chi connectivity index (χ3v) is 7.38. The van der Waals surface area contributed by atoms with Gasteiger partial charge < -0.3 is 9.84 Å². The standard InChI is InChI=1S/C32H56O3/c1-7-8-9-10-11-12-13-14-15-16-17-18-19-20-21-22-23-35-30(33)25-28-24-29(32(4,5)6)31(34)27(3)26(28)2/h24,34H,7-23,25H2,1-6H3. The molecule has 0 saturated heterocycles. The second kappa shape index (κ2) is 17.8. The maximum atomic E-state index is 12.4. The van der Waals surface area contributed by atoms with Gasteiger partial charge in [-0.1, -0.05) is 130 Å². The molecule has 1 N–H and O–H groups in total. The molecule has 0 saturated carbocycles. The number of carbonyl (C=O) groups is 1. The minimum atomic E-state index is -0.172. The summed E-state index contributed by atoms with van der Waals surface area (Å²) in [5, 5.41) is 10.5. The Morgan fingerprint density at radius 1 is 0.743 bits per heavy atom. The summed E-state index contributed by atoms with van der Waals surface area (Å²) in [5.74, 6) is 0.180. The van der Waals surface area contributed by atoms with Crippen LogP contribution in [0, 0.1) is 13.8 Å². The molecule has 1 rings (SSSR count). The molecule has 0 bridgehead atoms. The van der Waals surface area contributed by atoms with E-state index in [1.165, 1.54) is 89.9 Å². The third-order valence-electron chi connectivity index (χ3n) is 7.38. The van der Waals surface area contributed by atoms with Gasteiger partial charge in [-0.25, -0.2) is 0 Å². The topological polar surface area (TPSA) is 46.5 Å². The molecular formula is C32H56O3. The number of carbonyl (C=O) groups excluding carboxylic acids is 1. The van der Waals surface area contributed by atoms with E-state index in [0.717, 1.165) is 35.1 Å². The highest BCUT2D eigenvalue weighted by Gasteiger charge is 2.23. The van der Waals surface area contributed by atoms with Crippen LogP contribution in [0.5, 0.6) is 5.75 Å². The summed E-state index contributed by atoms with van der Waals surface area (Å²) in [6.45, 7) is 12.9. The van der Waals surface area contributed by atoms with Gasteiger partial charge in [0, 0.05) is 0 Å². The van der Waals surface area contributed by atoms with Crippen molar-refractivity contribution in [2.45, 2.75) is 156 Å². The van der Waals surface area contributed by atoms with E-state index >= 15 is 0 Å². The second-order valence-electron chi connectivity index (χ2n) is 11.6. The highest BCUT2D eigenvalue weighted by atomic mass is 16.5. The molecule has 0 aromatic heterocycles. The second-order valence-corrected chi connectivity index (χ2v) is 11.6. The molecule has 0 unspecified atom stereocenters. The lowest BCUT2D eigenvalue weighted by Crippen LogP contribution is -2.15. The fourth-order valence-corrected chi connectivity index (χ4v) is 4.77. The molecule has 35 heavy (non-hydrogen) atoms. The van der Waals surface area contributed by atoms with Crippen LogP contribution in [-0.4, -0.2) is 17.7 Å². The number of phenols is 1. The molecule has 202 valence electrons. The number of rotatable bonds is 19. The maximum Gasteiger partial charge on any atom is 0.310 e. The van der Waals surface area contributed by atoms with Crippen molar-refractivity contribution in [2.75, 3.05) is 6.61 Å². The summed E-state index contributed by atoms with van der Waals surface area (Å²) < 4.78 is 5.51. The van der Waals surface area contributed by atoms with Crippen molar-refractivity contribution in [3.63, 3.8) is 0 Å². The van der Waals surface area contributed by atoms with E-state index in [2.05, 4.69) is 27.7 Å². The number of esters is 1. The first-order valence-electron chi connectivity index (χ1n) is 14.7. The SMILES string of the molecule is CCCCCCCCCCCCCCCCCCOC(=O)Cc1cc(C(C)(C)C)c(O)c(C)c1C. The Hall–Kier alpha value is -1.51. The zero-order chi connectivity index (χ0) is 26.1. The first-order chi connectivity index (χ1) is 16.7. The van der Waals surface area contributed by atoms with Crippen LogP contribution in [0.2, 0.25) is 0 Å². The largest absolute Gasteiger partial charge is 0.507 e. The molecule has 0 radical (unpaired) electrons. The summed E-state index contributed by atoms with van der Waals surface area (Å²) in [7, 11) is 0. The lowest BCUT2D eigenvalue weighted by molar-refractivity contribution is -0.142. The summed E-state index contributed by atoms with van der Waals surface area (Å²) in [6.07, 6.45) is 21.7. The Kier molecular flexibility index (Phi) is 16.1. The van der Waals surface area contributed by atoms with Gasteiger partial charge in [0.15, 0.2) is 0 Å². The van der Waals surface area contributed by atoms with Crippen molar-refractivity contribution >= 4 is 5.97 Å². The maximum absolute atomic E-state index is 12.4. The van der Waals surface area contributed by atoms with Crippen molar-refractivity contribution < 1.29 is 14.6 Å². The van der Waals surface area contributed by atoms with Crippen LogP contribution in [-0.2, 0) is 21.4 Å². The number of aromatic hydroxyl groups is 1. The lowest BCUT2D eigenvalue weighted by atomic mass is 9.82. The fraction of sp³-hybridized carbons (Fsp3) is 0.781. The van der Waals surface area contributed by atoms with Gasteiger partial charge in [-0.2, -0.15) is 0 Å². The van der Waals surface area contributed by atoms with Crippen molar-refractivity contribution in [1.82, 2.24) is 0 Å². The predicted molar refractivity (Wildman–Crippen MR) is 150 cm³/mol. The first kappa shape index (κ1) is 31.5. The van der Waals surface area contributed by atoms with Crippen LogP contribution >= 0.6 is 0 Å². The molecule has 0 atom stereocenters. The Labute approximate surface area is 217 Å². The van der Waals surface area contributed by atoms with Crippen molar-refractivity contribution in [2.24, 2.45) is 0 Å². The number of hydrogen-bond donors (Lipinski definition) is 1. The van der Waals surface area contributed by atoms with Gasteiger partial charge >= 0.3 is 5.97 Å². The van der Waals surface area contributed by atoms with Gasteiger partial charge in [0.1, 0.15) is 5.75 Å². The van der Waals surface area contributed by atoms with Gasteiger partial charge in [-0.3, -0.25) is 4.79 Å². The molecule has 0 heterocycles. The lowest BCUT2D eigenvalue weighted by Gasteiger charge is -2.24. The van der Waals surface area contributed by atoms with Gasteiger partial charge in [0.25, 0.3) is 0 Å². The van der Waals surface area contributed by atoms with E-state index in [0.29, 0.717) is 12.4 Å². The van der Waals surface area contributed by atoms with E-state index in [9.17, 15) is 9.90 Å². The minimum absolute atomic E-state index is 0.168. The van der Waals surface area contributed by atoms with Crippen LogP contribution < -0.4 is 0 Å². The van der Waals surface area contributed by atoms with E-state index in [4.69, 9.17) is 4.74 Å². The van der Waals surface area contributed by atoms with Crippen LogP contribution in [0.1, 0.15) is 153 Å². The van der Waals surface area contributed by atoms with Crippen LogP contribution in [0.4, 0.5) is 0 Å². The van der Waals surface area contributed by atoms with E-state index in [1.807, 2.05) is 19.9 Å². The molecule has 1 aromatic carbocycles. The van der Waals surface area contributed by atoms with Crippen LogP contribution in [0.25, 0.3) is 0 Å². The quantitative estimate of drug-likeness (QED) is 0.156. The van der Waals surface area contributed by atoms with E-state index < -0.39 is 0 Å². The Bertz CT molecular complexity index is 714. The summed E-state index contributed by atoms with van der Waals surface area (Å²) in [5.41, 5.74) is 3.52. The van der Waals surface area contributed by atoms with Crippen molar-refractivity contribution in [1.29, 1.82) is 0 Å². The number of phenolic OH excluding ortho intramolecular Hbond substituents is 1. The van der Waals surface area contributed by atoms with Crippen LogP contribution in [0.15, 0.2) is 6.07 Å². The number of hydrogen-bond acceptors (Lipinski definition) is 3. The molecule has 0 spiro atoms. The smallest absolute Gasteiger partial charge is 0.310 e. The summed E-state index contributed by atoms with van der Waals surface area (Å²) in [4.78, 5) is 12.4. The molecular weight excluding hydrogens is 432 g/mol. The normalized spacial score (nSPS) is 11.7. The van der Waals surface area contributed by atoms with E-state index in [1.54, 1.807) is 0 Å². The van der Waals surface area contributed by atoms with Crippen molar-refractivity contribution in [3.8, 4) is 5.75 Å². The number of ether oxygens (including phenoxy) is 1. The molecule has 0 aliphatic rings. The molecule has 3 heteroatoms.